The number of methoxy groups -OCH3 is 1. The molecular formula is C22H33ClF2N2O4Si. The van der Waals surface area contributed by atoms with Crippen LogP contribution in [0.2, 0.25) is 30.7 Å². The van der Waals surface area contributed by atoms with Crippen molar-refractivity contribution in [3.63, 3.8) is 0 Å². The number of nitrogens with zero attached hydrogens (tertiary/aromatic N) is 2. The Kier molecular flexibility index (Phi) is 10.2. The lowest BCUT2D eigenvalue weighted by molar-refractivity contribution is -0.143. The number of rotatable bonds is 13. The summed E-state index contributed by atoms with van der Waals surface area (Å²) in [6, 6.07) is 3.34. The highest BCUT2D eigenvalue weighted by Crippen LogP contribution is 2.35. The number of benzene rings is 1. The second kappa shape index (κ2) is 12.2. The van der Waals surface area contributed by atoms with Crippen molar-refractivity contribution in [3.05, 3.63) is 40.0 Å². The second-order valence-corrected chi connectivity index (χ2v) is 14.5. The normalized spacial score (nSPS) is 12.2. The van der Waals surface area contributed by atoms with Gasteiger partial charge in [0.1, 0.15) is 29.1 Å². The zero-order valence-electron chi connectivity index (χ0n) is 19.6. The average molecular weight is 491 g/mol. The third kappa shape index (κ3) is 7.07. The Labute approximate surface area is 194 Å². The van der Waals surface area contributed by atoms with Crippen LogP contribution >= 0.6 is 11.6 Å². The van der Waals surface area contributed by atoms with Crippen LogP contribution in [0.1, 0.15) is 31.4 Å². The highest BCUT2D eigenvalue weighted by molar-refractivity contribution is 6.76. The standard InChI is InChI=1S/C22H33ClF2N2O4Si/c1-7-30-22(31-8-2)20-16(13-28-3)21(15-11-17(24)19(23)18(25)12-15)27(26-20)14-29-9-10-32(4,5)6/h11-12,22H,7-10,13-14H2,1-6H3. The van der Waals surface area contributed by atoms with Gasteiger partial charge in [0.2, 0.25) is 6.29 Å². The van der Waals surface area contributed by atoms with E-state index in [1.807, 2.05) is 13.8 Å². The second-order valence-electron chi connectivity index (χ2n) is 8.49. The van der Waals surface area contributed by atoms with E-state index in [0.29, 0.717) is 36.8 Å². The maximum absolute atomic E-state index is 14.3. The first-order chi connectivity index (χ1) is 15.1. The zero-order valence-corrected chi connectivity index (χ0v) is 21.4. The monoisotopic (exact) mass is 490 g/mol. The molecule has 2 rings (SSSR count). The molecule has 180 valence electrons. The van der Waals surface area contributed by atoms with Gasteiger partial charge in [-0.25, -0.2) is 13.5 Å². The summed E-state index contributed by atoms with van der Waals surface area (Å²) in [6.45, 7) is 12.1. The number of aromatic nitrogens is 2. The van der Waals surface area contributed by atoms with E-state index in [0.717, 1.165) is 6.04 Å². The van der Waals surface area contributed by atoms with Gasteiger partial charge in [0, 0.05) is 46.1 Å². The average Bonchev–Trinajstić information content (AvgIpc) is 3.06. The summed E-state index contributed by atoms with van der Waals surface area (Å²) in [7, 11) is 0.256. The van der Waals surface area contributed by atoms with Crippen LogP contribution in [0, 0.1) is 11.6 Å². The highest BCUT2D eigenvalue weighted by Gasteiger charge is 2.27. The molecule has 0 N–H and O–H groups in total. The Balaban J connectivity index is 2.57. The van der Waals surface area contributed by atoms with Crippen molar-refractivity contribution in [2.24, 2.45) is 0 Å². The van der Waals surface area contributed by atoms with Gasteiger partial charge in [-0.15, -0.1) is 0 Å². The molecule has 1 aromatic carbocycles. The van der Waals surface area contributed by atoms with Crippen molar-refractivity contribution < 1.29 is 27.7 Å². The number of ether oxygens (including phenoxy) is 4. The predicted molar refractivity (Wildman–Crippen MR) is 123 cm³/mol. The Bertz CT molecular complexity index is 861. The summed E-state index contributed by atoms with van der Waals surface area (Å²) in [6.07, 6.45) is -0.751. The largest absolute Gasteiger partial charge is 0.380 e. The van der Waals surface area contributed by atoms with Crippen molar-refractivity contribution in [1.82, 2.24) is 9.78 Å². The molecule has 0 fully saturated rings. The van der Waals surface area contributed by atoms with Crippen LogP contribution in [-0.2, 0) is 32.3 Å². The fraction of sp³-hybridized carbons (Fsp3) is 0.591. The lowest BCUT2D eigenvalue weighted by atomic mass is 10.1. The molecule has 0 bridgehead atoms. The minimum Gasteiger partial charge on any atom is -0.380 e. The molecule has 10 heteroatoms. The number of halogens is 3. The van der Waals surface area contributed by atoms with Crippen molar-refractivity contribution in [2.45, 2.75) is 59.2 Å². The molecule has 0 aliphatic carbocycles. The first kappa shape index (κ1) is 26.9. The van der Waals surface area contributed by atoms with Crippen LogP contribution in [0.25, 0.3) is 11.3 Å². The summed E-state index contributed by atoms with van der Waals surface area (Å²) in [5.74, 6) is -1.71. The Morgan fingerprint density at radius 3 is 2.19 bits per heavy atom. The minimum absolute atomic E-state index is 0.105. The third-order valence-electron chi connectivity index (χ3n) is 4.70. The van der Waals surface area contributed by atoms with E-state index in [9.17, 15) is 8.78 Å². The molecule has 32 heavy (non-hydrogen) atoms. The summed E-state index contributed by atoms with van der Waals surface area (Å²) in [4.78, 5) is 0. The lowest BCUT2D eigenvalue weighted by Crippen LogP contribution is -2.22. The van der Waals surface area contributed by atoms with Gasteiger partial charge in [-0.2, -0.15) is 5.10 Å². The van der Waals surface area contributed by atoms with Crippen LogP contribution in [-0.4, -0.2) is 44.8 Å². The molecule has 0 atom stereocenters. The quantitative estimate of drug-likeness (QED) is 0.149. The summed E-state index contributed by atoms with van der Waals surface area (Å²) in [5, 5.41) is 4.10. The van der Waals surface area contributed by atoms with E-state index in [1.54, 1.807) is 4.68 Å². The number of hydrogen-bond donors (Lipinski definition) is 0. The Hall–Kier alpha value is -1.36. The number of hydrogen-bond acceptors (Lipinski definition) is 5. The van der Waals surface area contributed by atoms with Crippen molar-refractivity contribution in [3.8, 4) is 11.3 Å². The molecule has 0 spiro atoms. The van der Waals surface area contributed by atoms with Gasteiger partial charge in [-0.05, 0) is 32.0 Å². The first-order valence-electron chi connectivity index (χ1n) is 10.7. The predicted octanol–water partition coefficient (Wildman–Crippen LogP) is 6.01. The molecule has 1 aromatic heterocycles. The molecule has 0 saturated heterocycles. The van der Waals surface area contributed by atoms with Crippen LogP contribution in [0.3, 0.4) is 0 Å². The van der Waals surface area contributed by atoms with Crippen LogP contribution in [0.4, 0.5) is 8.78 Å². The van der Waals surface area contributed by atoms with Gasteiger partial charge in [-0.1, -0.05) is 31.2 Å². The zero-order chi connectivity index (χ0) is 23.9. The van der Waals surface area contributed by atoms with Gasteiger partial charge < -0.3 is 18.9 Å². The van der Waals surface area contributed by atoms with Crippen molar-refractivity contribution in [1.29, 1.82) is 0 Å². The summed E-state index contributed by atoms with van der Waals surface area (Å²) in [5.41, 5.74) is 1.83. The van der Waals surface area contributed by atoms with Gasteiger partial charge >= 0.3 is 0 Å². The molecule has 6 nitrogen and oxygen atoms in total. The Morgan fingerprint density at radius 2 is 1.69 bits per heavy atom. The van der Waals surface area contributed by atoms with Crippen LogP contribution in [0.5, 0.6) is 0 Å². The lowest BCUT2D eigenvalue weighted by Gasteiger charge is -2.16. The van der Waals surface area contributed by atoms with Gasteiger partial charge in [-0.3, -0.25) is 0 Å². The van der Waals surface area contributed by atoms with E-state index in [1.165, 1.54) is 19.2 Å². The smallest absolute Gasteiger partial charge is 0.203 e. The fourth-order valence-corrected chi connectivity index (χ4v) is 4.01. The molecule has 0 unspecified atom stereocenters. The van der Waals surface area contributed by atoms with E-state index in [-0.39, 0.29) is 18.9 Å². The van der Waals surface area contributed by atoms with Gasteiger partial charge in [0.15, 0.2) is 0 Å². The van der Waals surface area contributed by atoms with Crippen LogP contribution < -0.4 is 0 Å². The van der Waals surface area contributed by atoms with Gasteiger partial charge in [0.05, 0.1) is 12.3 Å². The molecule has 0 aliphatic rings. The topological polar surface area (TPSA) is 54.7 Å². The molecule has 0 aliphatic heterocycles. The minimum atomic E-state index is -1.28. The van der Waals surface area contributed by atoms with E-state index < -0.39 is 31.0 Å². The molecular weight excluding hydrogens is 458 g/mol. The molecule has 0 saturated carbocycles. The first-order valence-corrected chi connectivity index (χ1v) is 14.8. The highest BCUT2D eigenvalue weighted by atomic mass is 35.5. The molecule has 1 heterocycles. The summed E-state index contributed by atoms with van der Waals surface area (Å²) < 4.78 is 52.9. The Morgan fingerprint density at radius 1 is 1.09 bits per heavy atom. The molecule has 0 radical (unpaired) electrons. The third-order valence-corrected chi connectivity index (χ3v) is 6.76. The molecule has 0 amide bonds. The maximum atomic E-state index is 14.3. The van der Waals surface area contributed by atoms with E-state index >= 15 is 0 Å². The maximum Gasteiger partial charge on any atom is 0.203 e. The van der Waals surface area contributed by atoms with Crippen LogP contribution in [0.15, 0.2) is 12.1 Å². The van der Waals surface area contributed by atoms with Crippen molar-refractivity contribution in [2.75, 3.05) is 26.9 Å². The van der Waals surface area contributed by atoms with Gasteiger partial charge in [0.25, 0.3) is 0 Å². The SMILES string of the molecule is CCOC(OCC)c1nn(COCC[Si](C)(C)C)c(-c2cc(F)c(Cl)c(F)c2)c1COC. The fourth-order valence-electron chi connectivity index (χ4n) is 3.14. The van der Waals surface area contributed by atoms with E-state index in [4.69, 9.17) is 30.5 Å². The van der Waals surface area contributed by atoms with E-state index in [2.05, 4.69) is 24.7 Å². The molecule has 2 aromatic rings. The van der Waals surface area contributed by atoms with Crippen molar-refractivity contribution >= 4 is 19.7 Å². The summed E-state index contributed by atoms with van der Waals surface area (Å²) >= 11 is 5.70.